The second-order valence-corrected chi connectivity index (χ2v) is 5.31. The molecule has 0 radical (unpaired) electrons. The number of nitrogens with two attached hydrogens (primary N) is 1. The summed E-state index contributed by atoms with van der Waals surface area (Å²) in [6.45, 7) is 0.689. The van der Waals surface area contributed by atoms with Gasteiger partial charge < -0.3 is 10.6 Å². The van der Waals surface area contributed by atoms with Gasteiger partial charge in [0.2, 0.25) is 0 Å². The third-order valence-corrected chi connectivity index (χ3v) is 4.01. The zero-order valence-corrected chi connectivity index (χ0v) is 11.8. The molecule has 2 aromatic rings. The zero-order valence-electron chi connectivity index (χ0n) is 11.8. The Bertz CT molecular complexity index is 655. The molecule has 0 fully saturated rings. The van der Waals surface area contributed by atoms with Crippen LogP contribution in [0, 0.1) is 11.6 Å². The van der Waals surface area contributed by atoms with Crippen molar-refractivity contribution in [3.8, 4) is 0 Å². The lowest BCUT2D eigenvalue weighted by Gasteiger charge is -2.26. The molecule has 0 saturated carbocycles. The first-order valence-corrected chi connectivity index (χ1v) is 7.24. The van der Waals surface area contributed by atoms with E-state index in [4.69, 9.17) is 5.73 Å². The predicted octanol–water partition coefficient (Wildman–Crippen LogP) is 3.90. The number of hydrogen-bond acceptors (Lipinski definition) is 2. The van der Waals surface area contributed by atoms with Crippen molar-refractivity contribution in [2.24, 2.45) is 5.73 Å². The van der Waals surface area contributed by atoms with E-state index in [-0.39, 0.29) is 12.1 Å². The summed E-state index contributed by atoms with van der Waals surface area (Å²) in [6, 6.07) is 11.1. The normalized spacial score (nSPS) is 14.7. The lowest BCUT2D eigenvalue weighted by molar-refractivity contribution is 0.499. The first kappa shape index (κ1) is 14.0. The minimum atomic E-state index is -0.836. The van der Waals surface area contributed by atoms with Gasteiger partial charge in [0, 0.05) is 24.3 Å². The van der Waals surface area contributed by atoms with Gasteiger partial charge in [0.1, 0.15) is 0 Å². The topological polar surface area (TPSA) is 29.3 Å². The molecule has 0 atom stereocenters. The molecule has 21 heavy (non-hydrogen) atoms. The maximum absolute atomic E-state index is 14.4. The highest BCUT2D eigenvalue weighted by atomic mass is 19.2. The molecule has 2 nitrogen and oxygen atoms in total. The number of hydrogen-bond donors (Lipinski definition) is 1. The van der Waals surface area contributed by atoms with E-state index < -0.39 is 11.6 Å². The molecule has 1 aliphatic rings. The average Bonchev–Trinajstić information content (AvgIpc) is 2.72. The molecule has 0 aromatic heterocycles. The second kappa shape index (κ2) is 5.82. The van der Waals surface area contributed by atoms with Crippen LogP contribution >= 0.6 is 0 Å². The molecule has 0 bridgehead atoms. The fraction of sp³-hybridized carbons (Fsp3) is 0.294. The van der Waals surface area contributed by atoms with E-state index in [9.17, 15) is 8.78 Å². The maximum Gasteiger partial charge on any atom is 0.182 e. The SMILES string of the molecule is NCc1ccc(N2CCCCc3ccccc32)c(F)c1F. The average molecular weight is 288 g/mol. The van der Waals surface area contributed by atoms with Crippen molar-refractivity contribution in [3.05, 3.63) is 59.2 Å². The summed E-state index contributed by atoms with van der Waals surface area (Å²) in [6.07, 6.45) is 2.98. The van der Waals surface area contributed by atoms with Gasteiger partial charge >= 0.3 is 0 Å². The van der Waals surface area contributed by atoms with Gasteiger partial charge in [0.05, 0.1) is 5.69 Å². The summed E-state index contributed by atoms with van der Waals surface area (Å²) in [7, 11) is 0. The molecule has 0 aliphatic carbocycles. The van der Waals surface area contributed by atoms with Gasteiger partial charge in [-0.15, -0.1) is 0 Å². The van der Waals surface area contributed by atoms with E-state index >= 15 is 0 Å². The first-order valence-electron chi connectivity index (χ1n) is 7.24. The van der Waals surface area contributed by atoms with E-state index in [0.717, 1.165) is 24.9 Å². The van der Waals surface area contributed by atoms with Crippen LogP contribution in [0.4, 0.5) is 20.2 Å². The number of aryl methyl sites for hydroxylation is 1. The molecule has 1 heterocycles. The first-order chi connectivity index (χ1) is 10.2. The Morgan fingerprint density at radius 2 is 1.76 bits per heavy atom. The summed E-state index contributed by atoms with van der Waals surface area (Å²) < 4.78 is 28.4. The highest BCUT2D eigenvalue weighted by molar-refractivity contribution is 5.67. The number of benzene rings is 2. The maximum atomic E-state index is 14.4. The molecule has 110 valence electrons. The Hall–Kier alpha value is -1.94. The van der Waals surface area contributed by atoms with Gasteiger partial charge in [-0.05, 0) is 37.0 Å². The minimum absolute atomic E-state index is 0.000377. The van der Waals surface area contributed by atoms with Crippen LogP contribution in [-0.2, 0) is 13.0 Å². The molecule has 2 aromatic carbocycles. The summed E-state index contributed by atoms with van der Waals surface area (Å²) in [5.41, 5.74) is 8.07. The van der Waals surface area contributed by atoms with Gasteiger partial charge in [-0.3, -0.25) is 0 Å². The second-order valence-electron chi connectivity index (χ2n) is 5.31. The van der Waals surface area contributed by atoms with E-state index in [1.54, 1.807) is 12.1 Å². The quantitative estimate of drug-likeness (QED) is 0.908. The summed E-state index contributed by atoms with van der Waals surface area (Å²) in [5.74, 6) is -1.65. The number of halogens is 2. The highest BCUT2D eigenvalue weighted by Gasteiger charge is 2.22. The smallest absolute Gasteiger partial charge is 0.182 e. The third kappa shape index (κ3) is 2.51. The van der Waals surface area contributed by atoms with Crippen molar-refractivity contribution >= 4 is 11.4 Å². The highest BCUT2D eigenvalue weighted by Crippen LogP contribution is 2.35. The number of anilines is 2. The summed E-state index contributed by atoms with van der Waals surface area (Å²) >= 11 is 0. The lowest BCUT2D eigenvalue weighted by Crippen LogP contribution is -2.20. The van der Waals surface area contributed by atoms with Gasteiger partial charge in [-0.1, -0.05) is 24.3 Å². The Balaban J connectivity index is 2.10. The molecule has 0 saturated heterocycles. The van der Waals surface area contributed by atoms with E-state index in [1.807, 2.05) is 23.1 Å². The molecule has 0 amide bonds. The Labute approximate surface area is 123 Å². The monoisotopic (exact) mass is 288 g/mol. The molecule has 0 spiro atoms. The predicted molar refractivity (Wildman–Crippen MR) is 80.6 cm³/mol. The van der Waals surface area contributed by atoms with Gasteiger partial charge in [0.25, 0.3) is 0 Å². The fourth-order valence-electron chi connectivity index (χ4n) is 2.89. The summed E-state index contributed by atoms with van der Waals surface area (Å²) in [4.78, 5) is 1.88. The lowest BCUT2D eigenvalue weighted by atomic mass is 10.1. The van der Waals surface area contributed by atoms with Crippen LogP contribution in [0.5, 0.6) is 0 Å². The van der Waals surface area contributed by atoms with Crippen molar-refractivity contribution in [1.29, 1.82) is 0 Å². The number of fused-ring (bicyclic) bond motifs is 1. The van der Waals surface area contributed by atoms with E-state index in [1.165, 1.54) is 5.56 Å². The third-order valence-electron chi connectivity index (χ3n) is 4.01. The molecule has 0 unspecified atom stereocenters. The van der Waals surface area contributed by atoms with Crippen molar-refractivity contribution in [2.75, 3.05) is 11.4 Å². The van der Waals surface area contributed by atoms with E-state index in [0.29, 0.717) is 12.2 Å². The van der Waals surface area contributed by atoms with Crippen LogP contribution in [0.1, 0.15) is 24.0 Å². The van der Waals surface area contributed by atoms with Crippen LogP contribution in [0.3, 0.4) is 0 Å². The number of nitrogens with zero attached hydrogens (tertiary/aromatic N) is 1. The minimum Gasteiger partial charge on any atom is -0.339 e. The van der Waals surface area contributed by atoms with Gasteiger partial charge in [-0.2, -0.15) is 0 Å². The van der Waals surface area contributed by atoms with Gasteiger partial charge in [0.15, 0.2) is 11.6 Å². The van der Waals surface area contributed by atoms with Crippen LogP contribution in [0.15, 0.2) is 36.4 Å². The zero-order chi connectivity index (χ0) is 14.8. The Kier molecular flexibility index (Phi) is 3.88. The number of rotatable bonds is 2. The van der Waals surface area contributed by atoms with Crippen molar-refractivity contribution in [2.45, 2.75) is 25.8 Å². The molecular weight excluding hydrogens is 270 g/mol. The standard InChI is InChI=1S/C17H18F2N2/c18-16-13(11-20)8-9-15(17(16)19)21-10-4-3-6-12-5-1-2-7-14(12)21/h1-2,5,7-9H,3-4,6,10-11,20H2. The van der Waals surface area contributed by atoms with Crippen LogP contribution in [0.2, 0.25) is 0 Å². The molecule has 1 aliphatic heterocycles. The van der Waals surface area contributed by atoms with E-state index in [2.05, 4.69) is 6.07 Å². The Morgan fingerprint density at radius 3 is 2.57 bits per heavy atom. The largest absolute Gasteiger partial charge is 0.339 e. The van der Waals surface area contributed by atoms with Crippen LogP contribution in [0.25, 0.3) is 0 Å². The van der Waals surface area contributed by atoms with Crippen molar-refractivity contribution in [1.82, 2.24) is 0 Å². The van der Waals surface area contributed by atoms with Crippen molar-refractivity contribution < 1.29 is 8.78 Å². The fourth-order valence-corrected chi connectivity index (χ4v) is 2.89. The van der Waals surface area contributed by atoms with Crippen LogP contribution in [-0.4, -0.2) is 6.54 Å². The van der Waals surface area contributed by atoms with Gasteiger partial charge in [-0.25, -0.2) is 8.78 Å². The molecule has 4 heteroatoms. The summed E-state index contributed by atoms with van der Waals surface area (Å²) in [5, 5.41) is 0. The molecule has 3 rings (SSSR count). The Morgan fingerprint density at radius 1 is 0.952 bits per heavy atom. The number of para-hydroxylation sites is 1. The molecule has 2 N–H and O–H groups in total. The van der Waals surface area contributed by atoms with Crippen molar-refractivity contribution in [3.63, 3.8) is 0 Å². The van der Waals surface area contributed by atoms with Crippen LogP contribution < -0.4 is 10.6 Å². The molecular formula is C17H18F2N2.